The largest absolute Gasteiger partial charge is 0.502 e. The quantitative estimate of drug-likeness (QED) is 0.809. The SMILES string of the molecule is CCOC(=O)C(F)(F)Oc1cccc(C(N)=O)c1. The molecule has 1 aromatic rings. The van der Waals surface area contributed by atoms with Gasteiger partial charge >= 0.3 is 12.1 Å². The second-order valence-electron chi connectivity index (χ2n) is 3.23. The van der Waals surface area contributed by atoms with E-state index >= 15 is 0 Å². The van der Waals surface area contributed by atoms with E-state index < -0.39 is 18.0 Å². The fourth-order valence-corrected chi connectivity index (χ4v) is 1.12. The van der Waals surface area contributed by atoms with Crippen molar-refractivity contribution >= 4 is 11.9 Å². The average Bonchev–Trinajstić information content (AvgIpc) is 2.29. The third-order valence-corrected chi connectivity index (χ3v) is 1.88. The number of amides is 1. The Hall–Kier alpha value is -2.18. The van der Waals surface area contributed by atoms with E-state index in [-0.39, 0.29) is 17.9 Å². The molecular formula is C11H11F2NO4. The van der Waals surface area contributed by atoms with Gasteiger partial charge in [-0.05, 0) is 25.1 Å². The number of primary amides is 1. The van der Waals surface area contributed by atoms with Crippen molar-refractivity contribution in [1.82, 2.24) is 0 Å². The van der Waals surface area contributed by atoms with Crippen molar-refractivity contribution in [3.05, 3.63) is 29.8 Å². The molecule has 0 aliphatic heterocycles. The first-order valence-electron chi connectivity index (χ1n) is 5.00. The minimum absolute atomic E-state index is 0.00726. The average molecular weight is 259 g/mol. The molecule has 1 aromatic carbocycles. The van der Waals surface area contributed by atoms with Crippen LogP contribution in [0.25, 0.3) is 0 Å². The summed E-state index contributed by atoms with van der Waals surface area (Å²) in [6.07, 6.45) is -4.12. The predicted molar refractivity (Wildman–Crippen MR) is 57.2 cm³/mol. The lowest BCUT2D eigenvalue weighted by Gasteiger charge is -2.16. The van der Waals surface area contributed by atoms with Crippen LogP contribution in [-0.4, -0.2) is 24.6 Å². The topological polar surface area (TPSA) is 78.6 Å². The lowest BCUT2D eigenvalue weighted by atomic mass is 10.2. The highest BCUT2D eigenvalue weighted by Gasteiger charge is 2.44. The summed E-state index contributed by atoms with van der Waals surface area (Å²) in [5.41, 5.74) is 4.97. The summed E-state index contributed by atoms with van der Waals surface area (Å²) in [5, 5.41) is 0. The smallest absolute Gasteiger partial charge is 0.459 e. The summed E-state index contributed by atoms with van der Waals surface area (Å²) >= 11 is 0. The predicted octanol–water partition coefficient (Wildman–Crippen LogP) is 1.32. The van der Waals surface area contributed by atoms with Crippen LogP contribution in [-0.2, 0) is 9.53 Å². The summed E-state index contributed by atoms with van der Waals surface area (Å²) in [7, 11) is 0. The van der Waals surface area contributed by atoms with Crippen LogP contribution in [0, 0.1) is 0 Å². The minimum Gasteiger partial charge on any atom is -0.459 e. The van der Waals surface area contributed by atoms with Crippen LogP contribution < -0.4 is 10.5 Å². The molecule has 18 heavy (non-hydrogen) atoms. The molecule has 0 aliphatic rings. The van der Waals surface area contributed by atoms with Gasteiger partial charge in [0.25, 0.3) is 0 Å². The van der Waals surface area contributed by atoms with E-state index in [9.17, 15) is 18.4 Å². The maximum absolute atomic E-state index is 13.2. The number of benzene rings is 1. The number of hydrogen-bond donors (Lipinski definition) is 1. The lowest BCUT2D eigenvalue weighted by Crippen LogP contribution is -2.36. The van der Waals surface area contributed by atoms with Crippen molar-refractivity contribution in [1.29, 1.82) is 0 Å². The molecule has 0 saturated heterocycles. The maximum atomic E-state index is 13.2. The molecule has 0 aromatic heterocycles. The minimum atomic E-state index is -4.12. The number of halogens is 2. The van der Waals surface area contributed by atoms with Crippen LogP contribution in [0.4, 0.5) is 8.78 Å². The fourth-order valence-electron chi connectivity index (χ4n) is 1.12. The molecule has 0 atom stereocenters. The number of ether oxygens (including phenoxy) is 2. The standard InChI is InChI=1S/C11H11F2NO4/c1-2-17-10(16)11(12,13)18-8-5-3-4-7(6-8)9(14)15/h3-6H,2H2,1H3,(H2,14,15). The van der Waals surface area contributed by atoms with Crippen LogP contribution in [0.1, 0.15) is 17.3 Å². The molecule has 0 unspecified atom stereocenters. The second kappa shape index (κ2) is 5.44. The normalized spacial score (nSPS) is 10.8. The van der Waals surface area contributed by atoms with Gasteiger partial charge < -0.3 is 15.2 Å². The van der Waals surface area contributed by atoms with E-state index in [1.54, 1.807) is 0 Å². The van der Waals surface area contributed by atoms with Crippen LogP contribution in [0.5, 0.6) is 5.75 Å². The zero-order chi connectivity index (χ0) is 13.8. The molecule has 0 spiro atoms. The highest BCUT2D eigenvalue weighted by molar-refractivity contribution is 5.93. The highest BCUT2D eigenvalue weighted by atomic mass is 19.3. The van der Waals surface area contributed by atoms with Gasteiger partial charge in [-0.3, -0.25) is 4.79 Å². The number of carbonyl (C=O) groups excluding carboxylic acids is 2. The highest BCUT2D eigenvalue weighted by Crippen LogP contribution is 2.23. The fraction of sp³-hybridized carbons (Fsp3) is 0.273. The molecule has 2 N–H and O–H groups in total. The van der Waals surface area contributed by atoms with Gasteiger partial charge in [-0.25, -0.2) is 4.79 Å². The first-order chi connectivity index (χ1) is 8.36. The van der Waals surface area contributed by atoms with Crippen molar-refractivity contribution in [2.45, 2.75) is 13.0 Å². The van der Waals surface area contributed by atoms with Gasteiger partial charge in [0.05, 0.1) is 6.61 Å². The van der Waals surface area contributed by atoms with Crippen LogP contribution >= 0.6 is 0 Å². The number of nitrogens with two attached hydrogens (primary N) is 1. The van der Waals surface area contributed by atoms with Crippen LogP contribution in [0.15, 0.2) is 24.3 Å². The number of rotatable bonds is 5. The summed E-state index contributed by atoms with van der Waals surface area (Å²) in [4.78, 5) is 21.7. The Labute approximate surface area is 101 Å². The number of alkyl halides is 2. The lowest BCUT2D eigenvalue weighted by molar-refractivity contribution is -0.216. The second-order valence-corrected chi connectivity index (χ2v) is 3.23. The first kappa shape index (κ1) is 13.9. The molecule has 0 heterocycles. The van der Waals surface area contributed by atoms with Gasteiger partial charge in [-0.2, -0.15) is 8.78 Å². The molecule has 98 valence electrons. The Morgan fingerprint density at radius 3 is 2.61 bits per heavy atom. The van der Waals surface area contributed by atoms with E-state index in [0.717, 1.165) is 6.07 Å². The third kappa shape index (κ3) is 3.41. The Morgan fingerprint density at radius 1 is 1.39 bits per heavy atom. The summed E-state index contributed by atoms with van der Waals surface area (Å²) in [6, 6.07) is 4.81. The van der Waals surface area contributed by atoms with Gasteiger partial charge in [0.15, 0.2) is 0 Å². The molecule has 0 bridgehead atoms. The van der Waals surface area contributed by atoms with Crippen molar-refractivity contribution in [3.63, 3.8) is 0 Å². The molecule has 1 rings (SSSR count). The summed E-state index contributed by atoms with van der Waals surface area (Å²) in [6.45, 7) is 1.20. The zero-order valence-electron chi connectivity index (χ0n) is 9.48. The summed E-state index contributed by atoms with van der Waals surface area (Å²) in [5.74, 6) is -2.95. The monoisotopic (exact) mass is 259 g/mol. The zero-order valence-corrected chi connectivity index (χ0v) is 9.48. The van der Waals surface area contributed by atoms with Crippen molar-refractivity contribution in [2.24, 2.45) is 5.73 Å². The van der Waals surface area contributed by atoms with E-state index in [2.05, 4.69) is 9.47 Å². The van der Waals surface area contributed by atoms with Crippen LogP contribution in [0.2, 0.25) is 0 Å². The Bertz CT molecular complexity index is 462. The Balaban J connectivity index is 2.86. The van der Waals surface area contributed by atoms with E-state index in [1.807, 2.05) is 0 Å². The molecule has 0 fully saturated rings. The number of esters is 1. The van der Waals surface area contributed by atoms with Gasteiger partial charge in [0, 0.05) is 5.56 Å². The number of hydrogen-bond acceptors (Lipinski definition) is 4. The maximum Gasteiger partial charge on any atom is 0.502 e. The van der Waals surface area contributed by atoms with Crippen molar-refractivity contribution in [2.75, 3.05) is 6.61 Å². The molecular weight excluding hydrogens is 248 g/mol. The summed E-state index contributed by atoms with van der Waals surface area (Å²) < 4.78 is 34.8. The van der Waals surface area contributed by atoms with Crippen LogP contribution in [0.3, 0.4) is 0 Å². The Kier molecular flexibility index (Phi) is 4.19. The van der Waals surface area contributed by atoms with E-state index in [4.69, 9.17) is 5.73 Å². The molecule has 0 aliphatic carbocycles. The molecule has 1 amide bonds. The van der Waals surface area contributed by atoms with Crippen molar-refractivity contribution in [3.8, 4) is 5.75 Å². The Morgan fingerprint density at radius 2 is 2.06 bits per heavy atom. The van der Waals surface area contributed by atoms with Crippen molar-refractivity contribution < 1.29 is 27.8 Å². The molecule has 0 radical (unpaired) electrons. The van der Waals surface area contributed by atoms with Gasteiger partial charge in [-0.1, -0.05) is 6.07 Å². The van der Waals surface area contributed by atoms with Gasteiger partial charge in [-0.15, -0.1) is 0 Å². The molecule has 0 saturated carbocycles. The molecule has 7 heteroatoms. The van der Waals surface area contributed by atoms with Gasteiger partial charge in [0.2, 0.25) is 5.91 Å². The third-order valence-electron chi connectivity index (χ3n) is 1.88. The van der Waals surface area contributed by atoms with Gasteiger partial charge in [0.1, 0.15) is 5.75 Å². The number of carbonyl (C=O) groups is 2. The first-order valence-corrected chi connectivity index (χ1v) is 5.00. The van der Waals surface area contributed by atoms with E-state index in [0.29, 0.717) is 0 Å². The molecule has 5 nitrogen and oxygen atoms in total. The van der Waals surface area contributed by atoms with E-state index in [1.165, 1.54) is 25.1 Å².